The van der Waals surface area contributed by atoms with Crippen LogP contribution in [0.15, 0.2) is 6.33 Å². The molecule has 0 aliphatic carbocycles. The van der Waals surface area contributed by atoms with Gasteiger partial charge in [-0.25, -0.2) is 4.98 Å². The highest BCUT2D eigenvalue weighted by molar-refractivity contribution is 5.92. The molecule has 0 atom stereocenters. The van der Waals surface area contributed by atoms with Crippen molar-refractivity contribution in [2.45, 2.75) is 32.3 Å². The topological polar surface area (TPSA) is 67.9 Å². The first kappa shape index (κ1) is 10.8. The number of rotatable bonds is 5. The fourth-order valence-electron chi connectivity index (χ4n) is 0.975. The number of methoxy groups -OCH3 is 1. The van der Waals surface area contributed by atoms with E-state index in [1.165, 1.54) is 6.33 Å². The molecule has 0 fully saturated rings. The van der Waals surface area contributed by atoms with Crippen molar-refractivity contribution in [2.75, 3.05) is 7.11 Å². The number of ketones is 1. The highest BCUT2D eigenvalue weighted by Gasteiger charge is 2.19. The largest absolute Gasteiger partial charge is 0.379 e. The molecule has 1 aromatic heterocycles. The Bertz CT molecular complexity index is 293. The Morgan fingerprint density at radius 2 is 2.36 bits per heavy atom. The van der Waals surface area contributed by atoms with E-state index in [2.05, 4.69) is 15.2 Å². The van der Waals surface area contributed by atoms with E-state index < -0.39 is 0 Å². The highest BCUT2D eigenvalue weighted by Crippen LogP contribution is 2.16. The molecular formula is C9H15N3O2. The molecule has 0 saturated heterocycles. The van der Waals surface area contributed by atoms with E-state index in [0.29, 0.717) is 18.7 Å². The molecule has 5 heteroatoms. The summed E-state index contributed by atoms with van der Waals surface area (Å²) < 4.78 is 5.21. The molecule has 14 heavy (non-hydrogen) atoms. The Balaban J connectivity index is 2.43. The zero-order valence-corrected chi connectivity index (χ0v) is 8.70. The third-order valence-electron chi connectivity index (χ3n) is 2.19. The number of hydrogen-bond acceptors (Lipinski definition) is 4. The van der Waals surface area contributed by atoms with Gasteiger partial charge >= 0.3 is 0 Å². The van der Waals surface area contributed by atoms with Crippen molar-refractivity contribution in [3.8, 4) is 0 Å². The minimum Gasteiger partial charge on any atom is -0.379 e. The quantitative estimate of drug-likeness (QED) is 0.720. The van der Waals surface area contributed by atoms with Crippen molar-refractivity contribution in [1.82, 2.24) is 15.2 Å². The minimum absolute atomic E-state index is 0.0346. The SMILES string of the molecule is COC(C)(C)CCC(=O)c1ncn[nH]1. The van der Waals surface area contributed by atoms with Crippen molar-refractivity contribution >= 4 is 5.78 Å². The molecule has 5 nitrogen and oxygen atoms in total. The molecule has 1 rings (SSSR count). The van der Waals surface area contributed by atoms with E-state index in [1.807, 2.05) is 13.8 Å². The van der Waals surface area contributed by atoms with E-state index in [9.17, 15) is 4.79 Å². The zero-order valence-electron chi connectivity index (χ0n) is 8.70. The molecule has 0 aliphatic heterocycles. The summed E-state index contributed by atoms with van der Waals surface area (Å²) in [4.78, 5) is 15.3. The van der Waals surface area contributed by atoms with Crippen LogP contribution in [0.3, 0.4) is 0 Å². The van der Waals surface area contributed by atoms with Crippen LogP contribution < -0.4 is 0 Å². The summed E-state index contributed by atoms with van der Waals surface area (Å²) in [5.74, 6) is 0.282. The highest BCUT2D eigenvalue weighted by atomic mass is 16.5. The Morgan fingerprint density at radius 3 is 2.86 bits per heavy atom. The number of carbonyl (C=O) groups excluding carboxylic acids is 1. The van der Waals surface area contributed by atoms with Gasteiger partial charge in [0, 0.05) is 13.5 Å². The number of ether oxygens (including phenoxy) is 1. The number of hydrogen-bond donors (Lipinski definition) is 1. The molecule has 1 heterocycles. The van der Waals surface area contributed by atoms with Gasteiger partial charge in [0.05, 0.1) is 5.60 Å². The second-order valence-electron chi connectivity index (χ2n) is 3.72. The summed E-state index contributed by atoms with van der Waals surface area (Å²) in [5, 5.41) is 6.16. The Labute approximate surface area is 82.9 Å². The summed E-state index contributed by atoms with van der Waals surface area (Å²) in [6, 6.07) is 0. The second-order valence-corrected chi connectivity index (χ2v) is 3.72. The molecule has 0 bridgehead atoms. The molecule has 78 valence electrons. The predicted molar refractivity (Wildman–Crippen MR) is 51.0 cm³/mol. The van der Waals surface area contributed by atoms with Crippen LogP contribution in [0.2, 0.25) is 0 Å². The van der Waals surface area contributed by atoms with Gasteiger partial charge in [0.15, 0.2) is 11.6 Å². The molecule has 0 radical (unpaired) electrons. The van der Waals surface area contributed by atoms with E-state index in [-0.39, 0.29) is 11.4 Å². The van der Waals surface area contributed by atoms with Crippen molar-refractivity contribution in [1.29, 1.82) is 0 Å². The lowest BCUT2D eigenvalue weighted by Crippen LogP contribution is -2.23. The van der Waals surface area contributed by atoms with Crippen LogP contribution in [0.25, 0.3) is 0 Å². The smallest absolute Gasteiger partial charge is 0.199 e. The third kappa shape index (κ3) is 2.92. The number of aromatic amines is 1. The standard InChI is InChI=1S/C9H15N3O2/c1-9(2,14-3)5-4-7(13)8-10-6-11-12-8/h6H,4-5H2,1-3H3,(H,10,11,12). The third-order valence-corrected chi connectivity index (χ3v) is 2.19. The lowest BCUT2D eigenvalue weighted by Gasteiger charge is -2.21. The molecular weight excluding hydrogens is 182 g/mol. The monoisotopic (exact) mass is 197 g/mol. The fraction of sp³-hybridized carbons (Fsp3) is 0.667. The van der Waals surface area contributed by atoms with Crippen LogP contribution in [0.4, 0.5) is 0 Å². The second kappa shape index (κ2) is 4.32. The molecule has 0 aliphatic rings. The first-order chi connectivity index (χ1) is 6.55. The summed E-state index contributed by atoms with van der Waals surface area (Å²) in [7, 11) is 1.64. The van der Waals surface area contributed by atoms with Gasteiger partial charge in [-0.1, -0.05) is 0 Å². The Hall–Kier alpha value is -1.23. The number of Topliss-reactive ketones (excluding diaryl/α,β-unsaturated/α-hetero) is 1. The maximum atomic E-state index is 11.5. The molecule has 0 unspecified atom stereocenters. The summed E-state index contributed by atoms with van der Waals surface area (Å²) in [5.41, 5.74) is -0.268. The number of H-pyrrole nitrogens is 1. The van der Waals surface area contributed by atoms with Crippen LogP contribution in [0.5, 0.6) is 0 Å². The number of aromatic nitrogens is 3. The van der Waals surface area contributed by atoms with E-state index >= 15 is 0 Å². The molecule has 1 N–H and O–H groups in total. The maximum absolute atomic E-state index is 11.5. The molecule has 1 aromatic rings. The fourth-order valence-corrected chi connectivity index (χ4v) is 0.975. The van der Waals surface area contributed by atoms with Crippen LogP contribution in [0.1, 0.15) is 37.3 Å². The zero-order chi connectivity index (χ0) is 10.6. The number of nitrogens with one attached hydrogen (secondary N) is 1. The van der Waals surface area contributed by atoms with Crippen LogP contribution in [-0.2, 0) is 4.74 Å². The maximum Gasteiger partial charge on any atom is 0.199 e. The van der Waals surface area contributed by atoms with Crippen LogP contribution >= 0.6 is 0 Å². The van der Waals surface area contributed by atoms with Gasteiger partial charge in [-0.3, -0.25) is 9.89 Å². The van der Waals surface area contributed by atoms with Crippen molar-refractivity contribution < 1.29 is 9.53 Å². The molecule has 0 saturated carbocycles. The molecule has 0 spiro atoms. The van der Waals surface area contributed by atoms with Crippen molar-refractivity contribution in [2.24, 2.45) is 0 Å². The number of nitrogens with zero attached hydrogens (tertiary/aromatic N) is 2. The van der Waals surface area contributed by atoms with E-state index in [1.54, 1.807) is 7.11 Å². The van der Waals surface area contributed by atoms with Crippen LogP contribution in [0, 0.1) is 0 Å². The van der Waals surface area contributed by atoms with Gasteiger partial charge in [0.1, 0.15) is 6.33 Å². The van der Waals surface area contributed by atoms with Crippen molar-refractivity contribution in [3.05, 3.63) is 12.2 Å². The first-order valence-corrected chi connectivity index (χ1v) is 4.49. The van der Waals surface area contributed by atoms with Crippen molar-refractivity contribution in [3.63, 3.8) is 0 Å². The normalized spacial score (nSPS) is 11.6. The van der Waals surface area contributed by atoms with Gasteiger partial charge in [-0.05, 0) is 20.3 Å². The van der Waals surface area contributed by atoms with Gasteiger partial charge < -0.3 is 4.74 Å². The van der Waals surface area contributed by atoms with Gasteiger partial charge in [0.25, 0.3) is 0 Å². The molecule has 0 amide bonds. The predicted octanol–water partition coefficient (Wildman–Crippen LogP) is 1.19. The van der Waals surface area contributed by atoms with Crippen LogP contribution in [-0.4, -0.2) is 33.7 Å². The average Bonchev–Trinajstić information content (AvgIpc) is 2.67. The summed E-state index contributed by atoms with van der Waals surface area (Å²) >= 11 is 0. The van der Waals surface area contributed by atoms with E-state index in [0.717, 1.165) is 0 Å². The van der Waals surface area contributed by atoms with Gasteiger partial charge in [-0.15, -0.1) is 0 Å². The van der Waals surface area contributed by atoms with Gasteiger partial charge in [-0.2, -0.15) is 5.10 Å². The first-order valence-electron chi connectivity index (χ1n) is 4.49. The Kier molecular flexibility index (Phi) is 3.35. The lowest BCUT2D eigenvalue weighted by atomic mass is 10.0. The average molecular weight is 197 g/mol. The lowest BCUT2D eigenvalue weighted by molar-refractivity contribution is 0.0141. The number of carbonyl (C=O) groups is 1. The minimum atomic E-state index is -0.268. The molecule has 0 aromatic carbocycles. The summed E-state index contributed by atoms with van der Waals surface area (Å²) in [6.07, 6.45) is 2.41. The Morgan fingerprint density at radius 1 is 1.64 bits per heavy atom. The van der Waals surface area contributed by atoms with E-state index in [4.69, 9.17) is 4.74 Å². The summed E-state index contributed by atoms with van der Waals surface area (Å²) in [6.45, 7) is 3.89. The van der Waals surface area contributed by atoms with Gasteiger partial charge in [0.2, 0.25) is 0 Å².